The van der Waals surface area contributed by atoms with Crippen LogP contribution in [0.15, 0.2) is 30.1 Å². The van der Waals surface area contributed by atoms with Gasteiger partial charge in [0.25, 0.3) is 0 Å². The zero-order chi connectivity index (χ0) is 17.9. The molecule has 0 saturated heterocycles. The van der Waals surface area contributed by atoms with Crippen LogP contribution >= 0.6 is 0 Å². The van der Waals surface area contributed by atoms with Gasteiger partial charge in [-0.3, -0.25) is 4.79 Å². The SMILES string of the molecule is CC.COc1cc(C(=O)CC=C(N)NC2CCCCC2)ccc1F. The van der Waals surface area contributed by atoms with E-state index < -0.39 is 5.82 Å². The standard InChI is InChI=1S/C17H23FN2O2.C2H6/c1-22-16-11-12(7-8-14(16)18)15(21)9-10-17(19)20-13-5-3-2-4-6-13;1-2/h7-8,10-11,13,20H,2-6,9,19H2,1H3;1-2H3. The van der Waals surface area contributed by atoms with E-state index in [1.54, 1.807) is 6.08 Å². The lowest BCUT2D eigenvalue weighted by Crippen LogP contribution is -2.33. The molecule has 2 rings (SSSR count). The number of nitrogens with one attached hydrogen (secondary N) is 1. The summed E-state index contributed by atoms with van der Waals surface area (Å²) in [5.74, 6) is 0.0113. The Labute approximate surface area is 144 Å². The summed E-state index contributed by atoms with van der Waals surface area (Å²) in [6.07, 6.45) is 7.84. The lowest BCUT2D eigenvalue weighted by atomic mass is 9.95. The average molecular weight is 336 g/mol. The van der Waals surface area contributed by atoms with Crippen molar-refractivity contribution in [2.24, 2.45) is 5.73 Å². The maximum atomic E-state index is 13.3. The van der Waals surface area contributed by atoms with Gasteiger partial charge in [0, 0.05) is 18.0 Å². The Morgan fingerprint density at radius 1 is 1.33 bits per heavy atom. The fraction of sp³-hybridized carbons (Fsp3) is 0.526. The molecule has 3 N–H and O–H groups in total. The molecule has 0 aliphatic heterocycles. The highest BCUT2D eigenvalue weighted by atomic mass is 19.1. The molecule has 1 aromatic rings. The highest BCUT2D eigenvalue weighted by Crippen LogP contribution is 2.20. The molecule has 4 nitrogen and oxygen atoms in total. The second-order valence-corrected chi connectivity index (χ2v) is 5.62. The Morgan fingerprint density at radius 3 is 2.62 bits per heavy atom. The molecule has 0 spiro atoms. The van der Waals surface area contributed by atoms with Gasteiger partial charge in [-0.15, -0.1) is 0 Å². The zero-order valence-electron chi connectivity index (χ0n) is 14.9. The van der Waals surface area contributed by atoms with Crippen LogP contribution < -0.4 is 15.8 Å². The molecule has 0 bridgehead atoms. The van der Waals surface area contributed by atoms with E-state index in [0.717, 1.165) is 12.8 Å². The molecule has 0 amide bonds. The monoisotopic (exact) mass is 336 g/mol. The first-order chi connectivity index (χ1) is 11.6. The average Bonchev–Trinajstić information content (AvgIpc) is 2.62. The minimum Gasteiger partial charge on any atom is -0.494 e. The Bertz CT molecular complexity index is 552. The number of hydrogen-bond acceptors (Lipinski definition) is 4. The van der Waals surface area contributed by atoms with Gasteiger partial charge in [-0.1, -0.05) is 33.1 Å². The number of methoxy groups -OCH3 is 1. The van der Waals surface area contributed by atoms with Gasteiger partial charge in [0.15, 0.2) is 17.3 Å². The van der Waals surface area contributed by atoms with Crippen LogP contribution in [0.1, 0.15) is 62.7 Å². The summed E-state index contributed by atoms with van der Waals surface area (Å²) in [5.41, 5.74) is 6.34. The summed E-state index contributed by atoms with van der Waals surface area (Å²) in [6.45, 7) is 4.00. The Kier molecular flexibility index (Phi) is 8.90. The van der Waals surface area contributed by atoms with Gasteiger partial charge in [-0.05, 0) is 37.1 Å². The molecule has 0 heterocycles. The first kappa shape index (κ1) is 20.0. The highest BCUT2D eigenvalue weighted by Gasteiger charge is 2.13. The summed E-state index contributed by atoms with van der Waals surface area (Å²) >= 11 is 0. The van der Waals surface area contributed by atoms with Gasteiger partial charge in [-0.2, -0.15) is 0 Å². The highest BCUT2D eigenvalue weighted by molar-refractivity contribution is 5.97. The van der Waals surface area contributed by atoms with E-state index >= 15 is 0 Å². The summed E-state index contributed by atoms with van der Waals surface area (Å²) < 4.78 is 18.2. The van der Waals surface area contributed by atoms with Crippen LogP contribution in [0.2, 0.25) is 0 Å². The minimum atomic E-state index is -0.479. The molecule has 24 heavy (non-hydrogen) atoms. The van der Waals surface area contributed by atoms with E-state index in [1.807, 2.05) is 13.8 Å². The number of ketones is 1. The normalized spacial score (nSPS) is 15.2. The van der Waals surface area contributed by atoms with Crippen molar-refractivity contribution < 1.29 is 13.9 Å². The van der Waals surface area contributed by atoms with Gasteiger partial charge in [0.05, 0.1) is 12.9 Å². The van der Waals surface area contributed by atoms with Crippen LogP contribution in [0.3, 0.4) is 0 Å². The largest absolute Gasteiger partial charge is 0.494 e. The zero-order valence-corrected chi connectivity index (χ0v) is 14.9. The first-order valence-electron chi connectivity index (χ1n) is 8.69. The fourth-order valence-electron chi connectivity index (χ4n) is 2.70. The first-order valence-corrected chi connectivity index (χ1v) is 8.69. The van der Waals surface area contributed by atoms with E-state index in [1.165, 1.54) is 44.6 Å². The molecular weight excluding hydrogens is 307 g/mol. The van der Waals surface area contributed by atoms with Crippen LogP contribution in [0.5, 0.6) is 5.75 Å². The Morgan fingerprint density at radius 2 is 2.00 bits per heavy atom. The van der Waals surface area contributed by atoms with Crippen molar-refractivity contribution in [3.05, 3.63) is 41.5 Å². The smallest absolute Gasteiger partial charge is 0.166 e. The Hall–Kier alpha value is -2.04. The molecule has 1 fully saturated rings. The minimum absolute atomic E-state index is 0.0723. The van der Waals surface area contributed by atoms with Gasteiger partial charge < -0.3 is 15.8 Å². The number of carbonyl (C=O) groups is 1. The molecule has 1 saturated carbocycles. The Balaban J connectivity index is 0.00000139. The van der Waals surface area contributed by atoms with E-state index in [-0.39, 0.29) is 18.0 Å². The van der Waals surface area contributed by atoms with Crippen LogP contribution in [-0.4, -0.2) is 18.9 Å². The second kappa shape index (κ2) is 10.7. The summed E-state index contributed by atoms with van der Waals surface area (Å²) in [7, 11) is 1.37. The van der Waals surface area contributed by atoms with Crippen molar-refractivity contribution in [1.29, 1.82) is 0 Å². The van der Waals surface area contributed by atoms with Crippen molar-refractivity contribution in [1.82, 2.24) is 5.32 Å². The van der Waals surface area contributed by atoms with Crippen molar-refractivity contribution >= 4 is 5.78 Å². The third-order valence-corrected chi connectivity index (χ3v) is 3.96. The lowest BCUT2D eigenvalue weighted by Gasteiger charge is -2.23. The molecule has 1 aromatic carbocycles. The van der Waals surface area contributed by atoms with Gasteiger partial charge in [-0.25, -0.2) is 4.39 Å². The van der Waals surface area contributed by atoms with Crippen molar-refractivity contribution in [3.63, 3.8) is 0 Å². The third kappa shape index (κ3) is 6.22. The number of hydrogen-bond donors (Lipinski definition) is 2. The molecule has 1 aliphatic rings. The van der Waals surface area contributed by atoms with Crippen molar-refractivity contribution in [2.75, 3.05) is 7.11 Å². The molecular formula is C19H29FN2O2. The molecule has 134 valence electrons. The van der Waals surface area contributed by atoms with Crippen molar-refractivity contribution in [2.45, 2.75) is 58.4 Å². The second-order valence-electron chi connectivity index (χ2n) is 5.62. The summed E-state index contributed by atoms with van der Waals surface area (Å²) in [6, 6.07) is 4.51. The number of Topliss-reactive ketones (excluding diaryl/α,β-unsaturated/α-hetero) is 1. The summed E-state index contributed by atoms with van der Waals surface area (Å²) in [4.78, 5) is 12.1. The van der Waals surface area contributed by atoms with Gasteiger partial charge in [0.1, 0.15) is 0 Å². The van der Waals surface area contributed by atoms with E-state index in [4.69, 9.17) is 10.5 Å². The number of nitrogens with two attached hydrogens (primary N) is 1. The number of benzene rings is 1. The maximum Gasteiger partial charge on any atom is 0.166 e. The number of ether oxygens (including phenoxy) is 1. The van der Waals surface area contributed by atoms with Crippen molar-refractivity contribution in [3.8, 4) is 5.75 Å². The van der Waals surface area contributed by atoms with Crippen LogP contribution in [0, 0.1) is 5.82 Å². The number of rotatable bonds is 6. The maximum absolute atomic E-state index is 13.3. The topological polar surface area (TPSA) is 64.3 Å². The molecule has 0 atom stereocenters. The van der Waals surface area contributed by atoms with Crippen LogP contribution in [0.25, 0.3) is 0 Å². The number of halogens is 1. The molecule has 0 unspecified atom stereocenters. The summed E-state index contributed by atoms with van der Waals surface area (Å²) in [5, 5.41) is 3.26. The van der Waals surface area contributed by atoms with E-state index in [9.17, 15) is 9.18 Å². The van der Waals surface area contributed by atoms with Gasteiger partial charge >= 0.3 is 0 Å². The van der Waals surface area contributed by atoms with E-state index in [2.05, 4.69) is 5.32 Å². The number of carbonyl (C=O) groups excluding carboxylic acids is 1. The predicted octanol–water partition coefficient (Wildman–Crippen LogP) is 4.16. The van der Waals surface area contributed by atoms with Crippen LogP contribution in [0.4, 0.5) is 4.39 Å². The molecule has 1 aliphatic carbocycles. The van der Waals surface area contributed by atoms with Gasteiger partial charge in [0.2, 0.25) is 0 Å². The molecule has 0 radical (unpaired) electrons. The van der Waals surface area contributed by atoms with E-state index in [0.29, 0.717) is 17.4 Å². The fourth-order valence-corrected chi connectivity index (χ4v) is 2.70. The predicted molar refractivity (Wildman–Crippen MR) is 95.5 cm³/mol. The van der Waals surface area contributed by atoms with Crippen LogP contribution in [-0.2, 0) is 0 Å². The third-order valence-electron chi connectivity index (χ3n) is 3.96. The number of allylic oxidation sites excluding steroid dienone is 1. The molecule has 0 aromatic heterocycles. The lowest BCUT2D eigenvalue weighted by molar-refractivity contribution is 0.0995. The molecule has 5 heteroatoms. The quantitative estimate of drug-likeness (QED) is 0.766.